The quantitative estimate of drug-likeness (QED) is 0.493. The maximum Gasteiger partial charge on any atom is 0.325 e. The molecule has 0 unspecified atom stereocenters. The van der Waals surface area contributed by atoms with Crippen molar-refractivity contribution in [3.8, 4) is 5.75 Å². The van der Waals surface area contributed by atoms with Crippen molar-refractivity contribution < 1.29 is 9.53 Å². The number of carbonyl (C=O) groups is 1. The molecule has 3 rings (SSSR count). The fourth-order valence-corrected chi connectivity index (χ4v) is 3.67. The van der Waals surface area contributed by atoms with Crippen LogP contribution >= 0.6 is 23.1 Å². The zero-order chi connectivity index (χ0) is 17.5. The Balaban J connectivity index is 1.50. The minimum atomic E-state index is -0.360. The summed E-state index contributed by atoms with van der Waals surface area (Å²) in [5.74, 6) is 1.54. The topological polar surface area (TPSA) is 76.1 Å². The number of amides is 2. The molecule has 1 aromatic heterocycles. The SMILES string of the molecule is COc1ccc(NC(=O)Nc2nnc(SCc3ccccc3)s2)cc1. The average Bonchev–Trinajstić information content (AvgIpc) is 3.08. The van der Waals surface area contributed by atoms with Crippen molar-refractivity contribution in [1.82, 2.24) is 10.2 Å². The number of thioether (sulfide) groups is 1. The summed E-state index contributed by atoms with van der Waals surface area (Å²) in [7, 11) is 1.60. The third-order valence-electron chi connectivity index (χ3n) is 3.18. The Morgan fingerprint density at radius 3 is 2.56 bits per heavy atom. The second-order valence-corrected chi connectivity index (χ2v) is 7.16. The molecule has 2 N–H and O–H groups in total. The van der Waals surface area contributed by atoms with Gasteiger partial charge >= 0.3 is 6.03 Å². The molecule has 0 aliphatic rings. The van der Waals surface area contributed by atoms with E-state index in [1.54, 1.807) is 43.1 Å². The molecule has 0 saturated carbocycles. The second-order valence-electron chi connectivity index (χ2n) is 4.96. The van der Waals surface area contributed by atoms with E-state index in [1.807, 2.05) is 18.2 Å². The molecule has 0 atom stereocenters. The van der Waals surface area contributed by atoms with Crippen LogP contribution in [0.4, 0.5) is 15.6 Å². The number of hydrogen-bond donors (Lipinski definition) is 2. The molecule has 1 heterocycles. The number of carbonyl (C=O) groups excluding carboxylic acids is 1. The predicted octanol–water partition coefficient (Wildman–Crippen LogP) is 4.48. The first-order valence-corrected chi connectivity index (χ1v) is 9.25. The summed E-state index contributed by atoms with van der Waals surface area (Å²) in [6, 6.07) is 16.9. The van der Waals surface area contributed by atoms with Gasteiger partial charge in [0.2, 0.25) is 5.13 Å². The van der Waals surface area contributed by atoms with Gasteiger partial charge in [0.15, 0.2) is 4.34 Å². The maximum absolute atomic E-state index is 12.0. The van der Waals surface area contributed by atoms with Gasteiger partial charge < -0.3 is 10.1 Å². The first-order chi connectivity index (χ1) is 12.2. The molecule has 3 aromatic rings. The lowest BCUT2D eigenvalue weighted by molar-refractivity contribution is 0.262. The number of methoxy groups -OCH3 is 1. The van der Waals surface area contributed by atoms with E-state index in [1.165, 1.54) is 16.9 Å². The first-order valence-electron chi connectivity index (χ1n) is 7.45. The minimum absolute atomic E-state index is 0.360. The highest BCUT2D eigenvalue weighted by Crippen LogP contribution is 2.28. The molecule has 2 aromatic carbocycles. The summed E-state index contributed by atoms with van der Waals surface area (Å²) < 4.78 is 5.89. The third kappa shape index (κ3) is 5.20. The van der Waals surface area contributed by atoms with Gasteiger partial charge in [-0.25, -0.2) is 4.79 Å². The van der Waals surface area contributed by atoms with Crippen molar-refractivity contribution in [3.05, 3.63) is 60.2 Å². The lowest BCUT2D eigenvalue weighted by Crippen LogP contribution is -2.19. The van der Waals surface area contributed by atoms with Crippen molar-refractivity contribution in [1.29, 1.82) is 0 Å². The maximum atomic E-state index is 12.0. The Hall–Kier alpha value is -2.58. The van der Waals surface area contributed by atoms with Gasteiger partial charge in [0, 0.05) is 11.4 Å². The highest BCUT2D eigenvalue weighted by molar-refractivity contribution is 8.00. The normalized spacial score (nSPS) is 10.3. The van der Waals surface area contributed by atoms with Crippen LogP contribution in [-0.2, 0) is 5.75 Å². The fourth-order valence-electron chi connectivity index (χ4n) is 1.97. The Morgan fingerprint density at radius 2 is 1.84 bits per heavy atom. The Bertz CT molecular complexity index is 822. The molecular formula is C17H16N4O2S2. The standard InChI is InChI=1S/C17H16N4O2S2/c1-23-14-9-7-13(8-10-14)18-15(22)19-16-20-21-17(25-16)24-11-12-5-3-2-4-6-12/h2-10H,11H2,1H3,(H2,18,19,20,22). The number of rotatable bonds is 6. The molecule has 0 spiro atoms. The minimum Gasteiger partial charge on any atom is -0.497 e. The molecule has 128 valence electrons. The van der Waals surface area contributed by atoms with Crippen LogP contribution in [0.25, 0.3) is 0 Å². The molecule has 8 heteroatoms. The van der Waals surface area contributed by atoms with E-state index in [9.17, 15) is 4.79 Å². The molecule has 0 fully saturated rings. The summed E-state index contributed by atoms with van der Waals surface area (Å²) in [6.07, 6.45) is 0. The van der Waals surface area contributed by atoms with E-state index in [0.29, 0.717) is 10.8 Å². The van der Waals surface area contributed by atoms with Crippen LogP contribution < -0.4 is 15.4 Å². The average molecular weight is 372 g/mol. The Labute approximate surface area is 153 Å². The summed E-state index contributed by atoms with van der Waals surface area (Å²) in [4.78, 5) is 12.0. The van der Waals surface area contributed by atoms with E-state index in [-0.39, 0.29) is 6.03 Å². The molecule has 6 nitrogen and oxygen atoms in total. The number of ether oxygens (including phenoxy) is 1. The number of aromatic nitrogens is 2. The van der Waals surface area contributed by atoms with Crippen LogP contribution in [0.5, 0.6) is 5.75 Å². The molecule has 0 bridgehead atoms. The lowest BCUT2D eigenvalue weighted by Gasteiger charge is -2.05. The molecule has 0 saturated heterocycles. The van der Waals surface area contributed by atoms with Gasteiger partial charge in [-0.3, -0.25) is 5.32 Å². The summed E-state index contributed by atoms with van der Waals surface area (Å²) in [5, 5.41) is 14.0. The van der Waals surface area contributed by atoms with Crippen LogP contribution in [0.3, 0.4) is 0 Å². The zero-order valence-electron chi connectivity index (χ0n) is 13.4. The number of nitrogens with zero attached hydrogens (tertiary/aromatic N) is 2. The summed E-state index contributed by atoms with van der Waals surface area (Å²) in [6.45, 7) is 0. The number of benzene rings is 2. The van der Waals surface area contributed by atoms with E-state index in [2.05, 4.69) is 33.0 Å². The largest absolute Gasteiger partial charge is 0.497 e. The van der Waals surface area contributed by atoms with Gasteiger partial charge in [-0.1, -0.05) is 53.4 Å². The lowest BCUT2D eigenvalue weighted by atomic mass is 10.2. The van der Waals surface area contributed by atoms with Gasteiger partial charge in [0.1, 0.15) is 5.75 Å². The highest BCUT2D eigenvalue weighted by atomic mass is 32.2. The molecule has 0 radical (unpaired) electrons. The van der Waals surface area contributed by atoms with E-state index >= 15 is 0 Å². The van der Waals surface area contributed by atoms with E-state index in [0.717, 1.165) is 15.8 Å². The van der Waals surface area contributed by atoms with Crippen molar-refractivity contribution in [2.75, 3.05) is 17.7 Å². The Kier molecular flexibility index (Phi) is 5.86. The third-order valence-corrected chi connectivity index (χ3v) is 5.22. The number of hydrogen-bond acceptors (Lipinski definition) is 6. The number of anilines is 2. The molecule has 25 heavy (non-hydrogen) atoms. The van der Waals surface area contributed by atoms with Gasteiger partial charge in [-0.15, -0.1) is 10.2 Å². The molecule has 0 aliphatic carbocycles. The van der Waals surface area contributed by atoms with Gasteiger partial charge in [-0.2, -0.15) is 0 Å². The first kappa shape index (κ1) is 17.2. The number of urea groups is 1. The van der Waals surface area contributed by atoms with Crippen LogP contribution in [0.1, 0.15) is 5.56 Å². The van der Waals surface area contributed by atoms with E-state index in [4.69, 9.17) is 4.74 Å². The molecule has 0 aliphatic heterocycles. The van der Waals surface area contributed by atoms with Crippen molar-refractivity contribution in [2.45, 2.75) is 10.1 Å². The number of nitrogens with one attached hydrogen (secondary N) is 2. The summed E-state index contributed by atoms with van der Waals surface area (Å²) >= 11 is 2.93. The summed E-state index contributed by atoms with van der Waals surface area (Å²) in [5.41, 5.74) is 1.89. The van der Waals surface area contributed by atoms with Crippen LogP contribution in [0, 0.1) is 0 Å². The van der Waals surface area contributed by atoms with Gasteiger partial charge in [0.25, 0.3) is 0 Å². The smallest absolute Gasteiger partial charge is 0.325 e. The van der Waals surface area contributed by atoms with Crippen LogP contribution in [-0.4, -0.2) is 23.3 Å². The second kappa shape index (κ2) is 8.50. The fraction of sp³-hybridized carbons (Fsp3) is 0.118. The van der Waals surface area contributed by atoms with Crippen molar-refractivity contribution >= 4 is 39.9 Å². The van der Waals surface area contributed by atoms with Crippen molar-refractivity contribution in [3.63, 3.8) is 0 Å². The van der Waals surface area contributed by atoms with Gasteiger partial charge in [0.05, 0.1) is 7.11 Å². The molecule has 2 amide bonds. The zero-order valence-corrected chi connectivity index (χ0v) is 15.1. The van der Waals surface area contributed by atoms with E-state index < -0.39 is 0 Å². The molecular weight excluding hydrogens is 356 g/mol. The predicted molar refractivity (Wildman–Crippen MR) is 102 cm³/mol. The monoisotopic (exact) mass is 372 g/mol. The van der Waals surface area contributed by atoms with Crippen LogP contribution in [0.15, 0.2) is 58.9 Å². The van der Waals surface area contributed by atoms with Crippen molar-refractivity contribution in [2.24, 2.45) is 0 Å². The van der Waals surface area contributed by atoms with Gasteiger partial charge in [-0.05, 0) is 29.8 Å². The van der Waals surface area contributed by atoms with Crippen LogP contribution in [0.2, 0.25) is 0 Å². The highest BCUT2D eigenvalue weighted by Gasteiger charge is 2.09. The Morgan fingerprint density at radius 1 is 1.08 bits per heavy atom.